The van der Waals surface area contributed by atoms with E-state index in [1.54, 1.807) is 29.0 Å². The van der Waals surface area contributed by atoms with Crippen LogP contribution in [-0.4, -0.2) is 42.7 Å². The maximum atomic E-state index is 15.2. The Bertz CT molecular complexity index is 1580. The topological polar surface area (TPSA) is 118 Å². The van der Waals surface area contributed by atoms with E-state index in [1.807, 2.05) is 12.3 Å². The summed E-state index contributed by atoms with van der Waals surface area (Å²) in [6.45, 7) is 3.62. The molecule has 6 rings (SSSR count). The van der Waals surface area contributed by atoms with E-state index in [4.69, 9.17) is 5.73 Å². The van der Waals surface area contributed by atoms with Gasteiger partial charge in [-0.15, -0.1) is 0 Å². The highest BCUT2D eigenvalue weighted by Crippen LogP contribution is 2.43. The van der Waals surface area contributed by atoms with Crippen LogP contribution in [0.2, 0.25) is 0 Å². The normalized spacial score (nSPS) is 23.8. The van der Waals surface area contributed by atoms with Crippen molar-refractivity contribution in [1.29, 1.82) is 0 Å². The number of carbonyl (C=O) groups is 1. The van der Waals surface area contributed by atoms with Crippen LogP contribution >= 0.6 is 0 Å². The van der Waals surface area contributed by atoms with Gasteiger partial charge in [0.25, 0.3) is 0 Å². The Morgan fingerprint density at radius 3 is 2.59 bits per heavy atom. The largest absolute Gasteiger partial charge is 0.385 e. The quantitative estimate of drug-likeness (QED) is 0.322. The van der Waals surface area contributed by atoms with Crippen molar-refractivity contribution < 1.29 is 18.7 Å². The minimum atomic E-state index is -1.17. The number of pyridine rings is 1. The third-order valence-corrected chi connectivity index (χ3v) is 8.86. The molecule has 0 radical (unpaired) electrons. The summed E-state index contributed by atoms with van der Waals surface area (Å²) < 4.78 is 32.1. The number of imidazole rings is 1. The van der Waals surface area contributed by atoms with Gasteiger partial charge in [0.1, 0.15) is 17.5 Å². The molecule has 41 heavy (non-hydrogen) atoms. The van der Waals surface area contributed by atoms with E-state index in [9.17, 15) is 9.90 Å². The Balaban J connectivity index is 1.30. The summed E-state index contributed by atoms with van der Waals surface area (Å²) in [4.78, 5) is 20.6. The highest BCUT2D eigenvalue weighted by molar-refractivity contribution is 5.73. The highest BCUT2D eigenvalue weighted by atomic mass is 19.1. The standard InChI is InChI=1S/C31H34F2N6O2/c1-17-10-19(11-26(34)30(17)37-18(2)40)23-6-9-35-15-20(23)12-28-36-16-22-4-5-27(38-39(22)28)29-24(32)13-21(14-25(29)33)31(41)7-3-8-31/h4-6,9,13-17,19,26,30,41H,3,7-8,10-12,34H2,1-2H3,(H,37,40)/t17-,19+,26+,30-/m0/s1. The van der Waals surface area contributed by atoms with Gasteiger partial charge in [0.05, 0.1) is 28.6 Å². The van der Waals surface area contributed by atoms with Crippen LogP contribution in [0, 0.1) is 17.6 Å². The molecule has 0 unspecified atom stereocenters. The first-order chi connectivity index (χ1) is 19.6. The van der Waals surface area contributed by atoms with E-state index < -0.39 is 17.2 Å². The van der Waals surface area contributed by atoms with E-state index >= 15 is 8.78 Å². The molecule has 2 aliphatic rings. The lowest BCUT2D eigenvalue weighted by atomic mass is 9.72. The van der Waals surface area contributed by atoms with Crippen LogP contribution in [0.3, 0.4) is 0 Å². The Labute approximate surface area is 237 Å². The second-order valence-electron chi connectivity index (χ2n) is 11.7. The number of benzene rings is 1. The van der Waals surface area contributed by atoms with Gasteiger partial charge in [-0.3, -0.25) is 9.78 Å². The Morgan fingerprint density at radius 2 is 1.93 bits per heavy atom. The van der Waals surface area contributed by atoms with Gasteiger partial charge >= 0.3 is 0 Å². The maximum Gasteiger partial charge on any atom is 0.217 e. The second-order valence-corrected chi connectivity index (χ2v) is 11.7. The van der Waals surface area contributed by atoms with Crippen molar-refractivity contribution in [3.8, 4) is 11.3 Å². The number of fused-ring (bicyclic) bond motifs is 1. The fourth-order valence-electron chi connectivity index (χ4n) is 6.56. The number of halogens is 2. The van der Waals surface area contributed by atoms with E-state index in [0.717, 1.165) is 30.4 Å². The van der Waals surface area contributed by atoms with Gasteiger partial charge in [-0.2, -0.15) is 5.10 Å². The van der Waals surface area contributed by atoms with Crippen molar-refractivity contribution in [3.05, 3.63) is 83.1 Å². The average Bonchev–Trinajstić information content (AvgIpc) is 3.31. The number of hydrogen-bond acceptors (Lipinski definition) is 6. The zero-order valence-electron chi connectivity index (χ0n) is 23.1. The molecule has 4 atom stereocenters. The molecule has 0 spiro atoms. The number of nitrogens with two attached hydrogens (primary N) is 1. The van der Waals surface area contributed by atoms with Crippen LogP contribution in [0.5, 0.6) is 0 Å². The molecule has 0 aliphatic heterocycles. The third kappa shape index (κ3) is 5.10. The molecule has 4 aromatic rings. The minimum Gasteiger partial charge on any atom is -0.385 e. The predicted octanol–water partition coefficient (Wildman–Crippen LogP) is 4.38. The highest BCUT2D eigenvalue weighted by Gasteiger charge is 2.38. The van der Waals surface area contributed by atoms with Crippen molar-refractivity contribution in [1.82, 2.24) is 24.9 Å². The third-order valence-electron chi connectivity index (χ3n) is 8.86. The van der Waals surface area contributed by atoms with Crippen molar-refractivity contribution in [2.24, 2.45) is 11.7 Å². The maximum absolute atomic E-state index is 15.2. The number of amides is 1. The fourth-order valence-corrected chi connectivity index (χ4v) is 6.56. The minimum absolute atomic E-state index is 0.0700. The van der Waals surface area contributed by atoms with Crippen LogP contribution in [-0.2, 0) is 16.8 Å². The number of nitrogens with one attached hydrogen (secondary N) is 1. The van der Waals surface area contributed by atoms with Crippen LogP contribution < -0.4 is 11.1 Å². The Hall–Kier alpha value is -3.76. The molecule has 2 aliphatic carbocycles. The average molecular weight is 561 g/mol. The Morgan fingerprint density at radius 1 is 1.17 bits per heavy atom. The zero-order chi connectivity index (χ0) is 28.9. The molecule has 214 valence electrons. The van der Waals surface area contributed by atoms with Crippen LogP contribution in [0.25, 0.3) is 16.8 Å². The lowest BCUT2D eigenvalue weighted by molar-refractivity contribution is -0.120. The number of aromatic nitrogens is 4. The molecule has 4 N–H and O–H groups in total. The number of nitrogens with zero attached hydrogens (tertiary/aromatic N) is 4. The van der Waals surface area contributed by atoms with Crippen molar-refractivity contribution in [3.63, 3.8) is 0 Å². The van der Waals surface area contributed by atoms with Gasteiger partial charge < -0.3 is 16.2 Å². The van der Waals surface area contributed by atoms with Crippen LogP contribution in [0.1, 0.15) is 74.4 Å². The summed E-state index contributed by atoms with van der Waals surface area (Å²) in [6, 6.07) is 7.50. The molecule has 1 amide bonds. The summed E-state index contributed by atoms with van der Waals surface area (Å²) >= 11 is 0. The molecule has 3 aromatic heterocycles. The second kappa shape index (κ2) is 10.6. The van der Waals surface area contributed by atoms with E-state index in [-0.39, 0.29) is 46.6 Å². The first kappa shape index (κ1) is 27.4. The SMILES string of the molecule is CC(=O)N[C@@H]1[C@H](N)C[C@H](c2ccncc2Cc2ncc3ccc(-c4c(F)cc(C5(O)CCC5)cc4F)nn23)C[C@@H]1C. The van der Waals surface area contributed by atoms with Gasteiger partial charge in [-0.05, 0) is 91.0 Å². The van der Waals surface area contributed by atoms with Gasteiger partial charge in [-0.25, -0.2) is 18.3 Å². The molecule has 10 heteroatoms. The van der Waals surface area contributed by atoms with Crippen molar-refractivity contribution in [2.45, 2.75) is 76.0 Å². The summed E-state index contributed by atoms with van der Waals surface area (Å²) in [7, 11) is 0. The number of aliphatic hydroxyl groups is 1. The van der Waals surface area contributed by atoms with Crippen LogP contribution in [0.15, 0.2) is 48.9 Å². The van der Waals surface area contributed by atoms with Gasteiger partial charge in [0.2, 0.25) is 5.91 Å². The summed E-state index contributed by atoms with van der Waals surface area (Å²) in [5.41, 5.74) is 8.31. The summed E-state index contributed by atoms with van der Waals surface area (Å²) in [5.74, 6) is -0.602. The molecule has 8 nitrogen and oxygen atoms in total. The predicted molar refractivity (Wildman–Crippen MR) is 150 cm³/mol. The molecule has 1 aromatic carbocycles. The van der Waals surface area contributed by atoms with Crippen molar-refractivity contribution >= 4 is 11.4 Å². The molecule has 0 bridgehead atoms. The van der Waals surface area contributed by atoms with Gasteiger partial charge in [0, 0.05) is 37.8 Å². The zero-order valence-corrected chi connectivity index (χ0v) is 23.1. The summed E-state index contributed by atoms with van der Waals surface area (Å²) in [5, 5.41) is 18.2. The number of carbonyl (C=O) groups excluding carboxylic acids is 1. The number of rotatable bonds is 6. The molecular formula is C31H34F2N6O2. The molecule has 0 saturated heterocycles. The Kier molecular flexibility index (Phi) is 7.07. The monoisotopic (exact) mass is 560 g/mol. The fraction of sp³-hybridized carbons (Fsp3) is 0.419. The molecule has 2 fully saturated rings. The smallest absolute Gasteiger partial charge is 0.217 e. The van der Waals surface area contributed by atoms with Gasteiger partial charge in [-0.1, -0.05) is 6.92 Å². The lowest BCUT2D eigenvalue weighted by Gasteiger charge is -2.39. The summed E-state index contributed by atoms with van der Waals surface area (Å²) in [6.07, 6.45) is 9.08. The first-order valence-corrected chi connectivity index (χ1v) is 14.1. The first-order valence-electron chi connectivity index (χ1n) is 14.1. The van der Waals surface area contributed by atoms with Gasteiger partial charge in [0.15, 0.2) is 0 Å². The molecule has 3 heterocycles. The lowest BCUT2D eigenvalue weighted by Crippen LogP contribution is -2.54. The van der Waals surface area contributed by atoms with E-state index in [0.29, 0.717) is 30.6 Å². The number of hydrogen-bond donors (Lipinski definition) is 3. The van der Waals surface area contributed by atoms with Crippen molar-refractivity contribution in [2.75, 3.05) is 0 Å². The van der Waals surface area contributed by atoms with E-state index in [2.05, 4.69) is 27.3 Å². The van der Waals surface area contributed by atoms with Crippen LogP contribution in [0.4, 0.5) is 8.78 Å². The van der Waals surface area contributed by atoms with E-state index in [1.165, 1.54) is 19.1 Å². The molecular weight excluding hydrogens is 526 g/mol. The molecule has 2 saturated carbocycles.